The number of anilines is 2. The molecule has 0 spiro atoms. The van der Waals surface area contributed by atoms with E-state index in [9.17, 15) is 14.7 Å². The molecule has 0 saturated heterocycles. The second-order valence-corrected chi connectivity index (χ2v) is 12.4. The van der Waals surface area contributed by atoms with Crippen molar-refractivity contribution >= 4 is 34.8 Å². The molecule has 5 aliphatic rings. The molecular weight excluding hydrogens is 630 g/mol. The van der Waals surface area contributed by atoms with Crippen LogP contribution in [-0.4, -0.2) is 56.1 Å². The van der Waals surface area contributed by atoms with Crippen LogP contribution in [0.1, 0.15) is 50.4 Å². The zero-order chi connectivity index (χ0) is 33.4. The van der Waals surface area contributed by atoms with Crippen LogP contribution in [0.15, 0.2) is 79.1 Å². The third-order valence-electron chi connectivity index (χ3n) is 8.98. The molecule has 11 heteroatoms. The van der Waals surface area contributed by atoms with Gasteiger partial charge in [0.2, 0.25) is 0 Å². The second-order valence-electron chi connectivity index (χ2n) is 11.9. The normalized spacial score (nSPS) is 15.2. The van der Waals surface area contributed by atoms with Gasteiger partial charge in [-0.1, -0.05) is 23.7 Å². The second kappa shape index (κ2) is 13.0. The Kier molecular flexibility index (Phi) is 8.49. The summed E-state index contributed by atoms with van der Waals surface area (Å²) >= 11 is 6.53. The Morgan fingerprint density at radius 2 is 1.58 bits per heavy atom. The van der Waals surface area contributed by atoms with Crippen molar-refractivity contribution < 1.29 is 24.2 Å². The number of carbonyl (C=O) groups excluding carboxylic acids is 2. The number of aromatic hydroxyl groups is 1. The Morgan fingerprint density at radius 3 is 2.35 bits per heavy atom. The van der Waals surface area contributed by atoms with Gasteiger partial charge in [-0.3, -0.25) is 14.5 Å². The first-order valence-electron chi connectivity index (χ1n) is 15.9. The zero-order valence-electron chi connectivity index (χ0n) is 26.6. The molecule has 244 valence electrons. The summed E-state index contributed by atoms with van der Waals surface area (Å²) in [6, 6.07) is 19.6. The van der Waals surface area contributed by atoms with Crippen molar-refractivity contribution in [3.05, 3.63) is 112 Å². The number of benzene rings is 3. The van der Waals surface area contributed by atoms with Gasteiger partial charge in [-0.25, -0.2) is 9.97 Å². The largest absolute Gasteiger partial charge is 0.508 e. The van der Waals surface area contributed by atoms with Gasteiger partial charge in [-0.2, -0.15) is 0 Å². The smallest absolute Gasteiger partial charge is 0.316 e. The van der Waals surface area contributed by atoms with Crippen molar-refractivity contribution in [1.82, 2.24) is 19.4 Å². The molecule has 0 unspecified atom stereocenters. The van der Waals surface area contributed by atoms with Gasteiger partial charge in [-0.05, 0) is 86.3 Å². The summed E-state index contributed by atoms with van der Waals surface area (Å²) in [5, 5.41) is 10.4. The standard InChI is InChI=1S/C37H34ClN5O5/c1-23-31-19-33(41(23)2)32-18-25(38)8-13-30(32)35(45)42-15-14-29-24(22-42)6-5-7-34(29)47-16-3-4-17-48-37-39-20-27(21-40-37)43(36(31)46)26-9-11-28(44)12-10-26/h5-13,18-21,44H,3-4,14-17,22H2,1-2H3. The van der Waals surface area contributed by atoms with Crippen LogP contribution in [0.5, 0.6) is 17.5 Å². The number of phenolic OH excluding ortho intramolecular Hbond substituents is 1. The first-order chi connectivity index (χ1) is 23.3. The molecular formula is C37H34ClN5O5. The van der Waals surface area contributed by atoms with Crippen LogP contribution in [0.4, 0.5) is 11.4 Å². The van der Waals surface area contributed by atoms with Crippen LogP contribution in [-0.2, 0) is 20.0 Å². The number of ether oxygens (including phenoxy) is 2. The van der Waals surface area contributed by atoms with E-state index < -0.39 is 0 Å². The Hall–Kier alpha value is -5.35. The summed E-state index contributed by atoms with van der Waals surface area (Å²) in [4.78, 5) is 40.8. The van der Waals surface area contributed by atoms with Crippen molar-refractivity contribution in [1.29, 1.82) is 0 Å². The number of phenols is 1. The van der Waals surface area contributed by atoms with Gasteiger partial charge in [0, 0.05) is 58.9 Å². The van der Waals surface area contributed by atoms with E-state index in [-0.39, 0.29) is 23.6 Å². The van der Waals surface area contributed by atoms with Gasteiger partial charge in [-0.15, -0.1) is 0 Å². The third kappa shape index (κ3) is 5.95. The maximum Gasteiger partial charge on any atom is 0.316 e. The number of carbonyl (C=O) groups is 2. The zero-order valence-corrected chi connectivity index (χ0v) is 27.4. The molecule has 7 heterocycles. The maximum absolute atomic E-state index is 14.5. The van der Waals surface area contributed by atoms with E-state index in [1.807, 2.05) is 41.6 Å². The molecule has 1 N–H and O–H groups in total. The lowest BCUT2D eigenvalue weighted by Gasteiger charge is -2.30. The fourth-order valence-electron chi connectivity index (χ4n) is 6.30. The third-order valence-corrected chi connectivity index (χ3v) is 9.21. The van der Waals surface area contributed by atoms with Crippen LogP contribution in [0.25, 0.3) is 11.3 Å². The molecule has 2 amide bonds. The van der Waals surface area contributed by atoms with E-state index in [1.165, 1.54) is 29.4 Å². The summed E-state index contributed by atoms with van der Waals surface area (Å²) in [5.74, 6) is 0.459. The van der Waals surface area contributed by atoms with Crippen LogP contribution >= 0.6 is 11.6 Å². The Morgan fingerprint density at radius 1 is 0.833 bits per heavy atom. The minimum atomic E-state index is -0.339. The van der Waals surface area contributed by atoms with E-state index in [2.05, 4.69) is 9.97 Å². The van der Waals surface area contributed by atoms with E-state index >= 15 is 0 Å². The van der Waals surface area contributed by atoms with Crippen LogP contribution in [0, 0.1) is 6.92 Å². The minimum absolute atomic E-state index is 0.0701. The lowest BCUT2D eigenvalue weighted by atomic mass is 9.96. The molecule has 8 bridgehead atoms. The summed E-state index contributed by atoms with van der Waals surface area (Å²) in [6.07, 6.45) is 5.26. The van der Waals surface area contributed by atoms with Gasteiger partial charge in [0.15, 0.2) is 0 Å². The molecule has 10 rings (SSSR count). The average molecular weight is 664 g/mol. The molecule has 48 heavy (non-hydrogen) atoms. The summed E-state index contributed by atoms with van der Waals surface area (Å²) in [5.41, 5.74) is 5.99. The molecule has 0 radical (unpaired) electrons. The molecule has 2 aromatic heterocycles. The molecule has 10 nitrogen and oxygen atoms in total. The number of hydrogen-bond donors (Lipinski definition) is 1. The number of nitrogens with zero attached hydrogens (tertiary/aromatic N) is 5. The fraction of sp³-hybridized carbons (Fsp3) is 0.243. The van der Waals surface area contributed by atoms with Gasteiger partial charge in [0.1, 0.15) is 11.5 Å². The number of rotatable bonds is 1. The highest BCUT2D eigenvalue weighted by Gasteiger charge is 2.29. The molecule has 0 fully saturated rings. The molecule has 0 aliphatic carbocycles. The number of halogens is 1. The fourth-order valence-corrected chi connectivity index (χ4v) is 6.47. The summed E-state index contributed by atoms with van der Waals surface area (Å²) in [6.45, 7) is 3.78. The molecule has 3 aromatic carbocycles. The molecule has 0 atom stereocenters. The van der Waals surface area contributed by atoms with Gasteiger partial charge >= 0.3 is 6.01 Å². The van der Waals surface area contributed by atoms with Crippen molar-refractivity contribution in [2.24, 2.45) is 7.05 Å². The van der Waals surface area contributed by atoms with E-state index in [0.717, 1.165) is 29.7 Å². The van der Waals surface area contributed by atoms with Crippen LogP contribution in [0.3, 0.4) is 0 Å². The van der Waals surface area contributed by atoms with E-state index in [4.69, 9.17) is 21.1 Å². The lowest BCUT2D eigenvalue weighted by Crippen LogP contribution is -2.36. The number of amides is 2. The van der Waals surface area contributed by atoms with Gasteiger partial charge < -0.3 is 24.0 Å². The summed E-state index contributed by atoms with van der Waals surface area (Å²) < 4.78 is 13.9. The van der Waals surface area contributed by atoms with Crippen molar-refractivity contribution in [2.45, 2.75) is 32.7 Å². The van der Waals surface area contributed by atoms with Gasteiger partial charge in [0.25, 0.3) is 11.8 Å². The predicted molar refractivity (Wildman–Crippen MR) is 182 cm³/mol. The SMILES string of the molecule is Cc1c2cc(n1C)-c1cc(Cl)ccc1C(=O)N1CCc3c(cccc3OCCCCOc3ncc(cn3)N(c3ccc(O)cc3)C2=O)C1. The van der Waals surface area contributed by atoms with Crippen molar-refractivity contribution in [2.75, 3.05) is 24.7 Å². The van der Waals surface area contributed by atoms with Crippen molar-refractivity contribution in [3.63, 3.8) is 0 Å². The topological polar surface area (TPSA) is 110 Å². The first kappa shape index (κ1) is 31.3. The molecule has 5 aromatic rings. The Balaban J connectivity index is 1.34. The Labute approximate surface area is 283 Å². The maximum atomic E-state index is 14.5. The highest BCUT2D eigenvalue weighted by atomic mass is 35.5. The number of hydrogen-bond acceptors (Lipinski definition) is 7. The summed E-state index contributed by atoms with van der Waals surface area (Å²) in [7, 11) is 1.86. The van der Waals surface area contributed by atoms with Crippen LogP contribution < -0.4 is 14.4 Å². The van der Waals surface area contributed by atoms with E-state index in [1.54, 1.807) is 36.4 Å². The average Bonchev–Trinajstić information content (AvgIpc) is 3.40. The van der Waals surface area contributed by atoms with Crippen molar-refractivity contribution in [3.8, 4) is 28.8 Å². The van der Waals surface area contributed by atoms with Gasteiger partial charge in [0.05, 0.1) is 36.9 Å². The highest BCUT2D eigenvalue weighted by molar-refractivity contribution is 6.31. The molecule has 5 aliphatic heterocycles. The first-order valence-corrected chi connectivity index (χ1v) is 16.2. The van der Waals surface area contributed by atoms with E-state index in [0.29, 0.717) is 77.2 Å². The minimum Gasteiger partial charge on any atom is -0.508 e. The predicted octanol–water partition coefficient (Wildman–Crippen LogP) is 6.88. The molecule has 0 saturated carbocycles. The monoisotopic (exact) mass is 663 g/mol. The lowest BCUT2D eigenvalue weighted by molar-refractivity contribution is 0.0734. The highest BCUT2D eigenvalue weighted by Crippen LogP contribution is 2.36. The number of aromatic nitrogens is 3. The van der Waals surface area contributed by atoms with Crippen LogP contribution in [0.2, 0.25) is 5.02 Å². The quantitative estimate of drug-likeness (QED) is 0.208. The Bertz CT molecular complexity index is 2010.